The molecular formula is C17H22N2O2S. The average molecular weight is 318 g/mol. The molecule has 2 atom stereocenters. The Morgan fingerprint density at radius 2 is 2.27 bits per heavy atom. The molecule has 5 heteroatoms. The zero-order chi connectivity index (χ0) is 15.4. The minimum Gasteiger partial charge on any atom is -0.493 e. The minimum absolute atomic E-state index is 0.0728. The van der Waals surface area contributed by atoms with Crippen LogP contribution < -0.4 is 10.1 Å². The third-order valence-corrected chi connectivity index (χ3v) is 4.94. The molecule has 0 aliphatic carbocycles. The summed E-state index contributed by atoms with van der Waals surface area (Å²) in [7, 11) is 0. The van der Waals surface area contributed by atoms with E-state index in [0.29, 0.717) is 6.61 Å². The molecule has 3 rings (SSSR count). The van der Waals surface area contributed by atoms with E-state index in [9.17, 15) is 5.11 Å². The third-order valence-electron chi connectivity index (χ3n) is 3.98. The van der Waals surface area contributed by atoms with Crippen LogP contribution in [0.4, 0.5) is 0 Å². The van der Waals surface area contributed by atoms with Gasteiger partial charge in [0.05, 0.1) is 23.9 Å². The molecule has 0 bridgehead atoms. The van der Waals surface area contributed by atoms with Crippen LogP contribution in [-0.4, -0.2) is 23.3 Å². The molecule has 2 aromatic rings. The largest absolute Gasteiger partial charge is 0.493 e. The van der Waals surface area contributed by atoms with Crippen LogP contribution in [0.5, 0.6) is 5.75 Å². The Balaban J connectivity index is 1.71. The van der Waals surface area contributed by atoms with E-state index in [-0.39, 0.29) is 18.6 Å². The molecule has 0 amide bonds. The normalized spacial score (nSPS) is 20.5. The number of rotatable bonds is 6. The number of aliphatic hydroxyl groups is 1. The van der Waals surface area contributed by atoms with Crippen LogP contribution >= 0.6 is 11.3 Å². The molecule has 0 fully saturated rings. The molecule has 22 heavy (non-hydrogen) atoms. The van der Waals surface area contributed by atoms with E-state index < -0.39 is 0 Å². The first-order chi connectivity index (χ1) is 10.8. The molecule has 0 spiro atoms. The van der Waals surface area contributed by atoms with E-state index in [1.165, 1.54) is 5.01 Å². The number of ether oxygens (including phenoxy) is 1. The molecule has 0 unspecified atom stereocenters. The van der Waals surface area contributed by atoms with Gasteiger partial charge in [0.15, 0.2) is 0 Å². The fraction of sp³-hybridized carbons (Fsp3) is 0.471. The molecule has 0 saturated heterocycles. The van der Waals surface area contributed by atoms with E-state index in [0.717, 1.165) is 36.4 Å². The summed E-state index contributed by atoms with van der Waals surface area (Å²) in [6.07, 6.45) is 2.17. The van der Waals surface area contributed by atoms with Crippen molar-refractivity contribution in [2.75, 3.05) is 13.2 Å². The third kappa shape index (κ3) is 3.32. The van der Waals surface area contributed by atoms with Crippen molar-refractivity contribution in [1.82, 2.24) is 10.3 Å². The van der Waals surface area contributed by atoms with E-state index >= 15 is 0 Å². The maximum Gasteiger partial charge on any atom is 0.124 e. The van der Waals surface area contributed by atoms with Crippen molar-refractivity contribution in [2.24, 2.45) is 5.92 Å². The van der Waals surface area contributed by atoms with Gasteiger partial charge >= 0.3 is 0 Å². The molecule has 118 valence electrons. The highest BCUT2D eigenvalue weighted by atomic mass is 32.1. The van der Waals surface area contributed by atoms with E-state index in [4.69, 9.17) is 4.74 Å². The highest BCUT2D eigenvalue weighted by Gasteiger charge is 2.30. The van der Waals surface area contributed by atoms with Crippen molar-refractivity contribution in [3.63, 3.8) is 0 Å². The van der Waals surface area contributed by atoms with Gasteiger partial charge < -0.3 is 15.2 Å². The Kier molecular flexibility index (Phi) is 5.08. The maximum absolute atomic E-state index is 9.62. The quantitative estimate of drug-likeness (QED) is 0.860. The number of thiazole rings is 1. The first-order valence-electron chi connectivity index (χ1n) is 7.81. The highest BCUT2D eigenvalue weighted by molar-refractivity contribution is 7.09. The number of nitrogens with zero attached hydrogens (tertiary/aromatic N) is 1. The minimum atomic E-state index is 0.0728. The second-order valence-corrected chi connectivity index (χ2v) is 6.58. The second kappa shape index (κ2) is 7.22. The number of aryl methyl sites for hydroxylation is 1. The van der Waals surface area contributed by atoms with Gasteiger partial charge in [0.25, 0.3) is 0 Å². The van der Waals surface area contributed by atoms with Crippen LogP contribution in [-0.2, 0) is 13.0 Å². The Labute approximate surface area is 135 Å². The lowest BCUT2D eigenvalue weighted by atomic mass is 9.91. The molecule has 1 aromatic carbocycles. The van der Waals surface area contributed by atoms with Crippen LogP contribution in [0.2, 0.25) is 0 Å². The molecule has 4 nitrogen and oxygen atoms in total. The number of aromatic nitrogens is 1. The fourth-order valence-electron chi connectivity index (χ4n) is 2.82. The smallest absolute Gasteiger partial charge is 0.124 e. The summed E-state index contributed by atoms with van der Waals surface area (Å²) >= 11 is 1.73. The van der Waals surface area contributed by atoms with E-state index in [2.05, 4.69) is 28.7 Å². The van der Waals surface area contributed by atoms with Gasteiger partial charge in [-0.2, -0.15) is 0 Å². The number of fused-ring (bicyclic) bond motifs is 1. The number of hydrogen-bond donors (Lipinski definition) is 2. The van der Waals surface area contributed by atoms with Gasteiger partial charge in [0, 0.05) is 29.4 Å². The first kappa shape index (κ1) is 15.5. The molecule has 2 N–H and O–H groups in total. The molecule has 2 heterocycles. The van der Waals surface area contributed by atoms with Crippen LogP contribution in [0, 0.1) is 5.92 Å². The Hall–Kier alpha value is -1.43. The van der Waals surface area contributed by atoms with Gasteiger partial charge in [-0.05, 0) is 18.9 Å². The topological polar surface area (TPSA) is 54.4 Å². The number of nitrogens with one attached hydrogen (secondary N) is 1. The summed E-state index contributed by atoms with van der Waals surface area (Å²) in [4.78, 5) is 4.65. The predicted octanol–water partition coefficient (Wildman–Crippen LogP) is 2.93. The lowest BCUT2D eigenvalue weighted by Gasteiger charge is -2.33. The fourth-order valence-corrected chi connectivity index (χ4v) is 3.72. The lowest BCUT2D eigenvalue weighted by Crippen LogP contribution is -2.37. The van der Waals surface area contributed by atoms with Crippen LogP contribution in [0.1, 0.15) is 35.7 Å². The van der Waals surface area contributed by atoms with Gasteiger partial charge in [0.2, 0.25) is 0 Å². The predicted molar refractivity (Wildman–Crippen MR) is 88.2 cm³/mol. The van der Waals surface area contributed by atoms with Crippen molar-refractivity contribution < 1.29 is 9.84 Å². The molecule has 1 aromatic heterocycles. The van der Waals surface area contributed by atoms with Crippen molar-refractivity contribution in [3.05, 3.63) is 45.9 Å². The van der Waals surface area contributed by atoms with Crippen LogP contribution in [0.15, 0.2) is 29.6 Å². The first-order valence-corrected chi connectivity index (χ1v) is 8.69. The summed E-state index contributed by atoms with van der Waals surface area (Å²) in [5.41, 5.74) is 2.20. The van der Waals surface area contributed by atoms with Crippen molar-refractivity contribution >= 4 is 11.3 Å². The molecule has 0 saturated carbocycles. The summed E-state index contributed by atoms with van der Waals surface area (Å²) < 4.78 is 5.73. The summed E-state index contributed by atoms with van der Waals surface area (Å²) in [5, 5.41) is 16.5. The van der Waals surface area contributed by atoms with Gasteiger partial charge in [-0.1, -0.05) is 25.1 Å². The number of benzene rings is 1. The Bertz CT molecular complexity index is 614. The Morgan fingerprint density at radius 1 is 1.41 bits per heavy atom. The van der Waals surface area contributed by atoms with Gasteiger partial charge in [-0.3, -0.25) is 0 Å². The SMILES string of the molecule is CCCc1nc(CN[C@H]2c3ccccc3OC[C@H]2CO)cs1. The van der Waals surface area contributed by atoms with Gasteiger partial charge in [-0.25, -0.2) is 4.98 Å². The van der Waals surface area contributed by atoms with Crippen LogP contribution in [0.25, 0.3) is 0 Å². The second-order valence-electron chi connectivity index (χ2n) is 5.63. The zero-order valence-corrected chi connectivity index (χ0v) is 13.6. The monoisotopic (exact) mass is 318 g/mol. The van der Waals surface area contributed by atoms with Crippen molar-refractivity contribution in [1.29, 1.82) is 0 Å². The summed E-state index contributed by atoms with van der Waals surface area (Å²) in [6, 6.07) is 8.15. The lowest BCUT2D eigenvalue weighted by molar-refractivity contribution is 0.110. The average Bonchev–Trinajstić information content (AvgIpc) is 3.00. The molecule has 1 aliphatic heterocycles. The number of hydrogen-bond acceptors (Lipinski definition) is 5. The number of para-hydroxylation sites is 1. The van der Waals surface area contributed by atoms with Gasteiger partial charge in [0.1, 0.15) is 5.75 Å². The zero-order valence-electron chi connectivity index (χ0n) is 12.8. The van der Waals surface area contributed by atoms with Crippen molar-refractivity contribution in [2.45, 2.75) is 32.4 Å². The molecular weight excluding hydrogens is 296 g/mol. The van der Waals surface area contributed by atoms with Crippen LogP contribution in [0.3, 0.4) is 0 Å². The van der Waals surface area contributed by atoms with E-state index in [1.54, 1.807) is 11.3 Å². The van der Waals surface area contributed by atoms with E-state index in [1.807, 2.05) is 18.2 Å². The van der Waals surface area contributed by atoms with Crippen molar-refractivity contribution in [3.8, 4) is 5.75 Å². The summed E-state index contributed by atoms with van der Waals surface area (Å²) in [6.45, 7) is 3.55. The molecule has 1 aliphatic rings. The Morgan fingerprint density at radius 3 is 3.09 bits per heavy atom. The maximum atomic E-state index is 9.62. The number of aliphatic hydroxyl groups excluding tert-OH is 1. The molecule has 0 radical (unpaired) electrons. The van der Waals surface area contributed by atoms with Gasteiger partial charge in [-0.15, -0.1) is 11.3 Å². The summed E-state index contributed by atoms with van der Waals surface area (Å²) in [5.74, 6) is 0.985. The highest BCUT2D eigenvalue weighted by Crippen LogP contribution is 2.35. The standard InChI is InChI=1S/C17H22N2O2S/c1-2-5-16-19-13(11-22-16)8-18-17-12(9-20)10-21-15-7-4-3-6-14(15)17/h3-4,6-7,11-12,17-18,20H,2,5,8-10H2,1H3/t12-,17-/m1/s1.